The second-order valence-corrected chi connectivity index (χ2v) is 5.86. The van der Waals surface area contributed by atoms with Crippen LogP contribution < -0.4 is 11.1 Å². The molecule has 3 N–H and O–H groups in total. The van der Waals surface area contributed by atoms with Crippen LogP contribution in [0.1, 0.15) is 34.0 Å². The van der Waals surface area contributed by atoms with Gasteiger partial charge in [0, 0.05) is 24.2 Å². The molecule has 0 saturated heterocycles. The quantitative estimate of drug-likeness (QED) is 0.840. The molecule has 3 heterocycles. The summed E-state index contributed by atoms with van der Waals surface area (Å²) in [7, 11) is 0. The van der Waals surface area contributed by atoms with E-state index >= 15 is 0 Å². The lowest BCUT2D eigenvalue weighted by molar-refractivity contribution is 0.0854. The molecule has 1 aromatic carbocycles. The first-order valence-electron chi connectivity index (χ1n) is 7.66. The van der Waals surface area contributed by atoms with Crippen LogP contribution in [0.15, 0.2) is 18.2 Å². The van der Waals surface area contributed by atoms with E-state index in [2.05, 4.69) is 10.4 Å². The number of fused-ring (bicyclic) bond motifs is 2. The Morgan fingerprint density at radius 2 is 2.35 bits per heavy atom. The molecule has 2 aliphatic rings. The highest BCUT2D eigenvalue weighted by atomic mass is 19.1. The lowest BCUT2D eigenvalue weighted by Crippen LogP contribution is -2.28. The van der Waals surface area contributed by atoms with E-state index < -0.39 is 5.92 Å². The van der Waals surface area contributed by atoms with Gasteiger partial charge in [-0.2, -0.15) is 9.78 Å². The van der Waals surface area contributed by atoms with E-state index in [1.807, 2.05) is 0 Å². The lowest BCUT2D eigenvalue weighted by Gasteiger charge is -2.25. The van der Waals surface area contributed by atoms with Gasteiger partial charge in [0.15, 0.2) is 0 Å². The Kier molecular flexibility index (Phi) is 3.30. The average molecular weight is 316 g/mol. The molecule has 120 valence electrons. The monoisotopic (exact) mass is 316 g/mol. The maximum atomic E-state index is 13.6. The molecule has 2 aliphatic heterocycles. The smallest absolute Gasteiger partial charge is 0.256 e. The van der Waals surface area contributed by atoms with E-state index in [9.17, 15) is 9.18 Å². The average Bonchev–Trinajstić information content (AvgIpc) is 2.91. The third kappa shape index (κ3) is 2.28. The summed E-state index contributed by atoms with van der Waals surface area (Å²) >= 11 is 0. The van der Waals surface area contributed by atoms with Gasteiger partial charge >= 0.3 is 0 Å². The molecule has 0 fully saturated rings. The normalized spacial score (nSPS) is 19.6. The topological polar surface area (TPSA) is 82.2 Å². The molecule has 7 heteroatoms. The number of nitrogens with zero attached hydrogens (tertiary/aromatic N) is 2. The summed E-state index contributed by atoms with van der Waals surface area (Å²) in [5.74, 6) is -0.645. The second kappa shape index (κ2) is 5.34. The molecule has 0 radical (unpaired) electrons. The van der Waals surface area contributed by atoms with Gasteiger partial charge in [-0.1, -0.05) is 0 Å². The number of nitrogen functional groups attached to an aromatic ring is 1. The number of nitrogens with one attached hydrogen (secondary N) is 1. The van der Waals surface area contributed by atoms with Gasteiger partial charge in [-0.25, -0.2) is 4.39 Å². The maximum Gasteiger partial charge on any atom is 0.256 e. The van der Waals surface area contributed by atoms with Crippen molar-refractivity contribution in [2.75, 3.05) is 24.2 Å². The predicted octanol–water partition coefficient (Wildman–Crippen LogP) is 1.92. The number of nitrogens with two attached hydrogens (primary N) is 1. The van der Waals surface area contributed by atoms with Crippen LogP contribution in [-0.2, 0) is 17.8 Å². The number of hydrogen-bond acceptors (Lipinski definition) is 5. The number of carbonyl (C=O) groups is 1. The zero-order valence-corrected chi connectivity index (χ0v) is 12.5. The number of benzene rings is 1. The van der Waals surface area contributed by atoms with Crippen molar-refractivity contribution in [2.24, 2.45) is 0 Å². The third-order valence-electron chi connectivity index (χ3n) is 4.49. The van der Waals surface area contributed by atoms with Crippen molar-refractivity contribution in [3.8, 4) is 0 Å². The number of aromatic nitrogens is 2. The highest BCUT2D eigenvalue weighted by Crippen LogP contribution is 2.34. The van der Waals surface area contributed by atoms with Crippen molar-refractivity contribution < 1.29 is 13.9 Å². The van der Waals surface area contributed by atoms with Crippen molar-refractivity contribution in [3.63, 3.8) is 0 Å². The van der Waals surface area contributed by atoms with Crippen molar-refractivity contribution in [2.45, 2.75) is 25.4 Å². The lowest BCUT2D eigenvalue weighted by atomic mass is 9.90. The summed E-state index contributed by atoms with van der Waals surface area (Å²) in [6.45, 7) is 1.61. The van der Waals surface area contributed by atoms with E-state index in [0.717, 1.165) is 16.9 Å². The van der Waals surface area contributed by atoms with Crippen LogP contribution in [-0.4, -0.2) is 28.8 Å². The first-order chi connectivity index (χ1) is 11.1. The van der Waals surface area contributed by atoms with Crippen LogP contribution in [0, 0.1) is 5.82 Å². The molecule has 0 aliphatic carbocycles. The fourth-order valence-electron chi connectivity index (χ4n) is 3.30. The molecule has 0 spiro atoms. The molecule has 0 saturated carbocycles. The van der Waals surface area contributed by atoms with Crippen molar-refractivity contribution >= 4 is 17.4 Å². The van der Waals surface area contributed by atoms with E-state index in [-0.39, 0.29) is 11.7 Å². The summed E-state index contributed by atoms with van der Waals surface area (Å²) in [5, 5.41) is 7.51. The standard InChI is InChI=1S/C16H17FN4O2/c17-9-1-2-13-12(7-9)10(3-5-19-13)16(22)21-15(18)11-4-6-23-8-14(11)20-21/h1-2,7,10,19H,3-6,8,18H2/t10-/m0/s1. The third-order valence-corrected chi connectivity index (χ3v) is 4.49. The SMILES string of the molecule is Nc1c2c(nn1C(=O)[C@H]1CCNc3ccc(F)cc31)COCC2. The Morgan fingerprint density at radius 3 is 3.17 bits per heavy atom. The van der Waals surface area contributed by atoms with Gasteiger partial charge in [-0.05, 0) is 30.2 Å². The highest BCUT2D eigenvalue weighted by Gasteiger charge is 2.31. The molecule has 0 bridgehead atoms. The van der Waals surface area contributed by atoms with E-state index in [4.69, 9.17) is 10.5 Å². The summed E-state index contributed by atoms with van der Waals surface area (Å²) in [5.41, 5.74) is 9.17. The predicted molar refractivity (Wildman–Crippen MR) is 82.9 cm³/mol. The number of rotatable bonds is 1. The minimum absolute atomic E-state index is 0.217. The minimum atomic E-state index is -0.452. The first-order valence-corrected chi connectivity index (χ1v) is 7.66. The Hall–Kier alpha value is -2.41. The van der Waals surface area contributed by atoms with Crippen molar-refractivity contribution in [1.82, 2.24) is 9.78 Å². The van der Waals surface area contributed by atoms with Gasteiger partial charge in [0.05, 0.1) is 24.8 Å². The van der Waals surface area contributed by atoms with Crippen LogP contribution in [0.3, 0.4) is 0 Å². The van der Waals surface area contributed by atoms with Gasteiger partial charge in [-0.15, -0.1) is 0 Å². The van der Waals surface area contributed by atoms with Crippen LogP contribution >= 0.6 is 0 Å². The fraction of sp³-hybridized carbons (Fsp3) is 0.375. The van der Waals surface area contributed by atoms with Crippen molar-refractivity contribution in [1.29, 1.82) is 0 Å². The van der Waals surface area contributed by atoms with Gasteiger partial charge in [-0.3, -0.25) is 4.79 Å². The molecule has 2 aromatic rings. The van der Waals surface area contributed by atoms with Crippen LogP contribution in [0.5, 0.6) is 0 Å². The minimum Gasteiger partial charge on any atom is -0.385 e. The number of carbonyl (C=O) groups excluding carboxylic acids is 1. The first kappa shape index (κ1) is 14.2. The molecule has 0 unspecified atom stereocenters. The van der Waals surface area contributed by atoms with Crippen LogP contribution in [0.2, 0.25) is 0 Å². The Bertz CT molecular complexity index is 787. The molecule has 1 aromatic heterocycles. The Labute approximate surface area is 132 Å². The van der Waals surface area contributed by atoms with Gasteiger partial charge < -0.3 is 15.8 Å². The van der Waals surface area contributed by atoms with Gasteiger partial charge in [0.2, 0.25) is 0 Å². The molecule has 0 amide bonds. The summed E-state index contributed by atoms with van der Waals surface area (Å²) in [6, 6.07) is 4.46. The Balaban J connectivity index is 1.74. The fourth-order valence-corrected chi connectivity index (χ4v) is 3.30. The maximum absolute atomic E-state index is 13.6. The molecule has 23 heavy (non-hydrogen) atoms. The number of ether oxygens (including phenoxy) is 1. The molecular weight excluding hydrogens is 299 g/mol. The molecular formula is C16H17FN4O2. The largest absolute Gasteiger partial charge is 0.385 e. The van der Waals surface area contributed by atoms with Crippen LogP contribution in [0.4, 0.5) is 15.9 Å². The number of halogens is 1. The molecule has 6 nitrogen and oxygen atoms in total. The Morgan fingerprint density at radius 1 is 1.48 bits per heavy atom. The summed E-state index contributed by atoms with van der Waals surface area (Å²) in [4.78, 5) is 12.9. The zero-order chi connectivity index (χ0) is 16.0. The van der Waals surface area contributed by atoms with E-state index in [1.54, 1.807) is 6.07 Å². The number of anilines is 2. The summed E-state index contributed by atoms with van der Waals surface area (Å²) < 4.78 is 20.2. The molecule has 4 rings (SSSR count). The van der Waals surface area contributed by atoms with E-state index in [0.29, 0.717) is 44.0 Å². The summed E-state index contributed by atoms with van der Waals surface area (Å²) in [6.07, 6.45) is 1.24. The van der Waals surface area contributed by atoms with Crippen LogP contribution in [0.25, 0.3) is 0 Å². The van der Waals surface area contributed by atoms with Crippen molar-refractivity contribution in [3.05, 3.63) is 40.8 Å². The number of hydrogen-bond donors (Lipinski definition) is 2. The highest BCUT2D eigenvalue weighted by molar-refractivity contribution is 5.90. The zero-order valence-electron chi connectivity index (χ0n) is 12.5. The van der Waals surface area contributed by atoms with Gasteiger partial charge in [0.1, 0.15) is 11.6 Å². The van der Waals surface area contributed by atoms with E-state index in [1.165, 1.54) is 16.8 Å². The second-order valence-electron chi connectivity index (χ2n) is 5.86. The van der Waals surface area contributed by atoms with Gasteiger partial charge in [0.25, 0.3) is 5.91 Å². The molecule has 1 atom stereocenters.